The van der Waals surface area contributed by atoms with E-state index in [1.807, 2.05) is 57.2 Å². The highest BCUT2D eigenvalue weighted by Crippen LogP contribution is 2.42. The van der Waals surface area contributed by atoms with E-state index in [9.17, 15) is 14.7 Å². The summed E-state index contributed by atoms with van der Waals surface area (Å²) in [4.78, 5) is 29.9. The number of allylic oxidation sites excluding steroid dienone is 2. The number of para-hydroxylation sites is 1. The summed E-state index contributed by atoms with van der Waals surface area (Å²) in [5.41, 5.74) is 3.91. The highest BCUT2D eigenvalue weighted by Gasteiger charge is 2.38. The molecule has 4 aromatic rings. The van der Waals surface area contributed by atoms with E-state index in [-0.39, 0.29) is 30.9 Å². The third-order valence-corrected chi connectivity index (χ3v) is 8.61. The molecule has 0 saturated heterocycles. The van der Waals surface area contributed by atoms with Gasteiger partial charge in [0.1, 0.15) is 24.2 Å². The van der Waals surface area contributed by atoms with Crippen LogP contribution >= 0.6 is 11.6 Å². The topological polar surface area (TPSA) is 131 Å². The third-order valence-electron chi connectivity index (χ3n) is 8.27. The predicted octanol–water partition coefficient (Wildman–Crippen LogP) is 6.52. The lowest BCUT2D eigenvalue weighted by Gasteiger charge is -2.30. The third kappa shape index (κ3) is 8.21. The zero-order valence-corrected chi connectivity index (χ0v) is 29.5. The van der Waals surface area contributed by atoms with E-state index in [4.69, 9.17) is 30.5 Å². The summed E-state index contributed by atoms with van der Waals surface area (Å²) in [6.45, 7) is 10.5. The van der Waals surface area contributed by atoms with Crippen molar-refractivity contribution in [1.82, 2.24) is 15.6 Å². The molecule has 0 aliphatic carbocycles. The SMILES string of the molecule is COC(=O)C1=C(C)NC(C)=C(C(=O)OCCCOc2ccc(OCC(O)CNC(C)(C)C)c3c2[nH]c2ccccc23)C1c1ccccc1Cl. The van der Waals surface area contributed by atoms with Crippen molar-refractivity contribution in [2.24, 2.45) is 0 Å². The van der Waals surface area contributed by atoms with Crippen molar-refractivity contribution < 1.29 is 33.6 Å². The first-order chi connectivity index (χ1) is 23.4. The van der Waals surface area contributed by atoms with Crippen molar-refractivity contribution in [2.75, 3.05) is 33.5 Å². The molecule has 3 aromatic carbocycles. The Morgan fingerprint density at radius 3 is 2.31 bits per heavy atom. The van der Waals surface area contributed by atoms with Gasteiger partial charge in [-0.2, -0.15) is 0 Å². The molecule has 0 fully saturated rings. The lowest BCUT2D eigenvalue weighted by Crippen LogP contribution is -2.42. The number of aliphatic hydroxyl groups excluding tert-OH is 1. The molecule has 0 saturated carbocycles. The number of dihydropyridines is 1. The molecule has 1 aliphatic rings. The van der Waals surface area contributed by atoms with Crippen LogP contribution in [0.5, 0.6) is 11.5 Å². The zero-order valence-electron chi connectivity index (χ0n) is 28.7. The number of aromatic nitrogens is 1. The van der Waals surface area contributed by atoms with Gasteiger partial charge in [0.25, 0.3) is 0 Å². The summed E-state index contributed by atoms with van der Waals surface area (Å²) in [5.74, 6) is -0.634. The Hall–Kier alpha value is -4.51. The van der Waals surface area contributed by atoms with Crippen molar-refractivity contribution in [2.45, 2.75) is 58.6 Å². The summed E-state index contributed by atoms with van der Waals surface area (Å²) in [7, 11) is 1.30. The van der Waals surface area contributed by atoms with E-state index < -0.39 is 24.0 Å². The molecule has 11 heteroatoms. The maximum Gasteiger partial charge on any atom is 0.336 e. The van der Waals surface area contributed by atoms with Crippen LogP contribution in [0.1, 0.15) is 52.5 Å². The standard InChI is InChI=1S/C38H44ClN3O7/c1-22-31(36(44)46-6)34(25-12-7-9-14-27(25)39)32(23(2)41-22)37(45)48-19-11-18-47-30-17-16-29(49-21-24(43)20-40-38(3,4)5)33-26-13-8-10-15-28(26)42-35(30)33/h7-10,12-17,24,34,40-43H,11,18-21H2,1-6H3. The normalized spacial score (nSPS) is 15.7. The van der Waals surface area contributed by atoms with Crippen LogP contribution in [-0.4, -0.2) is 67.1 Å². The molecular weight excluding hydrogens is 646 g/mol. The van der Waals surface area contributed by atoms with Gasteiger partial charge in [-0.25, -0.2) is 9.59 Å². The Labute approximate surface area is 291 Å². The lowest BCUT2D eigenvalue weighted by molar-refractivity contribution is -0.139. The van der Waals surface area contributed by atoms with Crippen molar-refractivity contribution in [3.63, 3.8) is 0 Å². The van der Waals surface area contributed by atoms with Crippen LogP contribution in [0.25, 0.3) is 21.8 Å². The van der Waals surface area contributed by atoms with Gasteiger partial charge in [-0.05, 0) is 64.4 Å². The van der Waals surface area contributed by atoms with Crippen LogP contribution in [-0.2, 0) is 19.1 Å². The number of H-pyrrole nitrogens is 1. The fraction of sp³-hybridized carbons (Fsp3) is 0.368. The molecule has 2 atom stereocenters. The van der Waals surface area contributed by atoms with Crippen molar-refractivity contribution in [3.8, 4) is 11.5 Å². The Bertz CT molecular complexity index is 1910. The Balaban J connectivity index is 1.27. The number of hydrogen-bond acceptors (Lipinski definition) is 9. The van der Waals surface area contributed by atoms with Gasteiger partial charge < -0.3 is 39.7 Å². The minimum absolute atomic E-state index is 0.0820. The molecule has 0 bridgehead atoms. The maximum absolute atomic E-state index is 13.6. The number of aliphatic hydroxyl groups is 1. The molecule has 260 valence electrons. The Morgan fingerprint density at radius 2 is 1.59 bits per heavy atom. The van der Waals surface area contributed by atoms with Gasteiger partial charge in [0.05, 0.1) is 48.3 Å². The predicted molar refractivity (Wildman–Crippen MR) is 191 cm³/mol. The first kappa shape index (κ1) is 35.8. The lowest BCUT2D eigenvalue weighted by atomic mass is 9.80. The van der Waals surface area contributed by atoms with Crippen LogP contribution in [0.3, 0.4) is 0 Å². The molecule has 10 nitrogen and oxygen atoms in total. The second-order valence-corrected chi connectivity index (χ2v) is 13.5. The molecule has 1 aliphatic heterocycles. The molecule has 2 heterocycles. The fourth-order valence-corrected chi connectivity index (χ4v) is 6.20. The maximum atomic E-state index is 13.6. The van der Waals surface area contributed by atoms with E-state index >= 15 is 0 Å². The van der Waals surface area contributed by atoms with Crippen LogP contribution in [0.15, 0.2) is 83.2 Å². The number of methoxy groups -OCH3 is 1. The molecule has 0 spiro atoms. The highest BCUT2D eigenvalue weighted by atomic mass is 35.5. The van der Waals surface area contributed by atoms with E-state index in [1.54, 1.807) is 38.1 Å². The fourth-order valence-electron chi connectivity index (χ4n) is 5.96. The van der Waals surface area contributed by atoms with Crippen LogP contribution in [0, 0.1) is 0 Å². The van der Waals surface area contributed by atoms with E-state index in [2.05, 4.69) is 15.6 Å². The zero-order chi connectivity index (χ0) is 35.3. The number of fused-ring (bicyclic) bond motifs is 3. The number of hydrogen-bond donors (Lipinski definition) is 4. The van der Waals surface area contributed by atoms with Crippen molar-refractivity contribution in [1.29, 1.82) is 0 Å². The Kier molecular flexibility index (Phi) is 11.2. The number of rotatable bonds is 13. The highest BCUT2D eigenvalue weighted by molar-refractivity contribution is 6.31. The second-order valence-electron chi connectivity index (χ2n) is 13.1. The molecule has 0 amide bonds. The molecule has 1 aromatic heterocycles. The van der Waals surface area contributed by atoms with Crippen LogP contribution in [0.4, 0.5) is 0 Å². The number of aromatic amines is 1. The summed E-state index contributed by atoms with van der Waals surface area (Å²) >= 11 is 6.57. The van der Waals surface area contributed by atoms with E-state index in [0.717, 1.165) is 21.8 Å². The van der Waals surface area contributed by atoms with Gasteiger partial charge in [-0.3, -0.25) is 0 Å². The number of β-amino-alcohol motifs (C(OH)–C–C–N with tert-alkyl or cyclic N) is 1. The Morgan fingerprint density at radius 1 is 0.918 bits per heavy atom. The number of carbonyl (C=O) groups excluding carboxylic acids is 2. The van der Waals surface area contributed by atoms with E-state index in [0.29, 0.717) is 52.0 Å². The van der Waals surface area contributed by atoms with Crippen molar-refractivity contribution in [3.05, 3.63) is 93.8 Å². The van der Waals surface area contributed by atoms with Gasteiger partial charge >= 0.3 is 11.9 Å². The van der Waals surface area contributed by atoms with Gasteiger partial charge in [0, 0.05) is 45.8 Å². The average molecular weight is 690 g/mol. The first-order valence-electron chi connectivity index (χ1n) is 16.3. The molecule has 4 N–H and O–H groups in total. The number of nitrogens with one attached hydrogen (secondary N) is 3. The van der Waals surface area contributed by atoms with Gasteiger partial charge in [0.15, 0.2) is 0 Å². The molecule has 0 radical (unpaired) electrons. The number of ether oxygens (including phenoxy) is 4. The quantitative estimate of drug-likeness (QED) is 0.0915. The molecule has 2 unspecified atom stereocenters. The molecule has 49 heavy (non-hydrogen) atoms. The van der Waals surface area contributed by atoms with Crippen molar-refractivity contribution >= 4 is 45.3 Å². The monoisotopic (exact) mass is 689 g/mol. The number of carbonyl (C=O) groups is 2. The molecular formula is C38H44ClN3O7. The summed E-state index contributed by atoms with van der Waals surface area (Å²) in [5, 5.41) is 19.2. The van der Waals surface area contributed by atoms with Gasteiger partial charge in [-0.15, -0.1) is 0 Å². The number of esters is 2. The summed E-state index contributed by atoms with van der Waals surface area (Å²) < 4.78 is 23.1. The molecule has 5 rings (SSSR count). The number of benzene rings is 3. The average Bonchev–Trinajstić information content (AvgIpc) is 3.46. The largest absolute Gasteiger partial charge is 0.491 e. The first-order valence-corrected chi connectivity index (χ1v) is 16.7. The summed E-state index contributed by atoms with van der Waals surface area (Å²) in [6, 6.07) is 18.7. The minimum atomic E-state index is -0.766. The second kappa shape index (κ2) is 15.4. The van der Waals surface area contributed by atoms with Crippen LogP contribution in [0.2, 0.25) is 5.02 Å². The van der Waals surface area contributed by atoms with E-state index in [1.165, 1.54) is 7.11 Å². The van der Waals surface area contributed by atoms with Gasteiger partial charge in [-0.1, -0.05) is 48.0 Å². The summed E-state index contributed by atoms with van der Waals surface area (Å²) in [6.07, 6.45) is -0.275. The smallest absolute Gasteiger partial charge is 0.336 e. The van der Waals surface area contributed by atoms with Gasteiger partial charge in [0.2, 0.25) is 0 Å². The number of halogens is 1. The van der Waals surface area contributed by atoms with Crippen LogP contribution < -0.4 is 20.1 Å². The minimum Gasteiger partial charge on any atom is -0.491 e.